The van der Waals surface area contributed by atoms with E-state index in [1.54, 1.807) is 0 Å². The summed E-state index contributed by atoms with van der Waals surface area (Å²) in [4.78, 5) is 33.0. The van der Waals surface area contributed by atoms with E-state index < -0.39 is 36.4 Å². The van der Waals surface area contributed by atoms with Crippen LogP contribution >= 0.6 is 0 Å². The molecule has 0 aromatic carbocycles. The molecular weight excluding hydrogens is 304 g/mol. The SMILES string of the molecule is CCCCCCCCCCOC(=O)C(O)C(CC(=O)O)C(=O)O. The number of rotatable bonds is 14. The lowest BCUT2D eigenvalue weighted by Gasteiger charge is -2.16. The van der Waals surface area contributed by atoms with E-state index in [0.717, 1.165) is 19.3 Å². The third-order valence-electron chi connectivity index (χ3n) is 3.58. The fraction of sp³-hybridized carbons (Fsp3) is 0.812. The van der Waals surface area contributed by atoms with Crippen LogP contribution in [0.1, 0.15) is 64.7 Å². The van der Waals surface area contributed by atoms with Crippen LogP contribution < -0.4 is 0 Å². The number of aliphatic hydroxyl groups is 1. The summed E-state index contributed by atoms with van der Waals surface area (Å²) in [7, 11) is 0. The molecule has 2 unspecified atom stereocenters. The van der Waals surface area contributed by atoms with Gasteiger partial charge in [0, 0.05) is 0 Å². The summed E-state index contributed by atoms with van der Waals surface area (Å²) < 4.78 is 4.82. The molecule has 134 valence electrons. The Hall–Kier alpha value is -1.63. The third kappa shape index (κ3) is 10.7. The van der Waals surface area contributed by atoms with Gasteiger partial charge in [-0.3, -0.25) is 9.59 Å². The molecule has 2 atom stereocenters. The first-order chi connectivity index (χ1) is 10.9. The van der Waals surface area contributed by atoms with E-state index in [4.69, 9.17) is 14.9 Å². The minimum atomic E-state index is -1.96. The maximum Gasteiger partial charge on any atom is 0.335 e. The van der Waals surface area contributed by atoms with Gasteiger partial charge < -0.3 is 20.1 Å². The van der Waals surface area contributed by atoms with Crippen molar-refractivity contribution in [1.82, 2.24) is 0 Å². The van der Waals surface area contributed by atoms with Gasteiger partial charge in [-0.1, -0.05) is 51.9 Å². The van der Waals surface area contributed by atoms with E-state index in [2.05, 4.69) is 6.92 Å². The summed E-state index contributed by atoms with van der Waals surface area (Å²) >= 11 is 0. The number of ether oxygens (including phenoxy) is 1. The predicted molar refractivity (Wildman–Crippen MR) is 83.0 cm³/mol. The smallest absolute Gasteiger partial charge is 0.335 e. The molecule has 0 bridgehead atoms. The van der Waals surface area contributed by atoms with Gasteiger partial charge in [0.1, 0.15) is 5.92 Å². The van der Waals surface area contributed by atoms with Crippen LogP contribution in [-0.4, -0.2) is 45.9 Å². The van der Waals surface area contributed by atoms with E-state index in [1.165, 1.54) is 25.7 Å². The zero-order valence-corrected chi connectivity index (χ0v) is 13.7. The van der Waals surface area contributed by atoms with Gasteiger partial charge in [-0.2, -0.15) is 0 Å². The average molecular weight is 332 g/mol. The standard InChI is InChI=1S/C16H28O7/c1-2-3-4-5-6-7-8-9-10-23-16(22)14(19)12(15(20)21)11-13(17)18/h12,14,19H,2-11H2,1H3,(H,17,18)(H,20,21). The van der Waals surface area contributed by atoms with E-state index in [9.17, 15) is 19.5 Å². The van der Waals surface area contributed by atoms with Gasteiger partial charge in [0.15, 0.2) is 6.10 Å². The summed E-state index contributed by atoms with van der Waals surface area (Å²) in [5.41, 5.74) is 0. The number of hydrogen-bond acceptors (Lipinski definition) is 5. The molecule has 7 nitrogen and oxygen atoms in total. The highest BCUT2D eigenvalue weighted by Crippen LogP contribution is 2.12. The molecule has 0 radical (unpaired) electrons. The first-order valence-electron chi connectivity index (χ1n) is 8.19. The normalized spacial score (nSPS) is 13.3. The lowest BCUT2D eigenvalue weighted by molar-refractivity contribution is -0.166. The Balaban J connectivity index is 3.87. The Morgan fingerprint density at radius 3 is 1.91 bits per heavy atom. The molecule has 0 aliphatic carbocycles. The van der Waals surface area contributed by atoms with E-state index >= 15 is 0 Å². The minimum Gasteiger partial charge on any atom is -0.481 e. The first-order valence-corrected chi connectivity index (χ1v) is 8.19. The van der Waals surface area contributed by atoms with Gasteiger partial charge in [0.25, 0.3) is 0 Å². The third-order valence-corrected chi connectivity index (χ3v) is 3.58. The molecule has 0 aromatic rings. The number of carbonyl (C=O) groups excluding carboxylic acids is 1. The molecule has 3 N–H and O–H groups in total. The summed E-state index contributed by atoms with van der Waals surface area (Å²) in [5, 5.41) is 27.0. The number of unbranched alkanes of at least 4 members (excludes halogenated alkanes) is 7. The van der Waals surface area contributed by atoms with Crippen LogP contribution in [0.5, 0.6) is 0 Å². The number of hydrogen-bond donors (Lipinski definition) is 3. The predicted octanol–water partition coefficient (Wildman–Crippen LogP) is 2.21. The molecule has 7 heteroatoms. The van der Waals surface area contributed by atoms with Gasteiger partial charge in [-0.05, 0) is 6.42 Å². The summed E-state index contributed by atoms with van der Waals surface area (Å²) in [6.45, 7) is 2.26. The first kappa shape index (κ1) is 21.4. The minimum absolute atomic E-state index is 0.101. The van der Waals surface area contributed by atoms with Crippen molar-refractivity contribution in [3.05, 3.63) is 0 Å². The molecule has 0 amide bonds. The quantitative estimate of drug-likeness (QED) is 0.329. The molecule has 0 fully saturated rings. The fourth-order valence-electron chi connectivity index (χ4n) is 2.18. The molecule has 0 rings (SSSR count). The highest BCUT2D eigenvalue weighted by Gasteiger charge is 2.35. The van der Waals surface area contributed by atoms with Gasteiger partial charge in [-0.25, -0.2) is 4.79 Å². The Bertz CT molecular complexity index is 367. The lowest BCUT2D eigenvalue weighted by Crippen LogP contribution is -2.37. The van der Waals surface area contributed by atoms with Crippen LogP contribution in [0.4, 0.5) is 0 Å². The Labute approximate surface area is 136 Å². The molecule has 0 heterocycles. The molecule has 0 spiro atoms. The Kier molecular flexibility index (Phi) is 12.0. The van der Waals surface area contributed by atoms with Crippen LogP contribution in [0.2, 0.25) is 0 Å². The molecule has 0 aliphatic heterocycles. The number of aliphatic hydroxyl groups excluding tert-OH is 1. The molecule has 0 saturated heterocycles. The lowest BCUT2D eigenvalue weighted by atomic mass is 9.99. The Morgan fingerprint density at radius 2 is 1.43 bits per heavy atom. The van der Waals surface area contributed by atoms with Gasteiger partial charge in [0.2, 0.25) is 0 Å². The number of carboxylic acid groups (broad SMARTS) is 2. The van der Waals surface area contributed by atoms with Crippen molar-refractivity contribution in [1.29, 1.82) is 0 Å². The largest absolute Gasteiger partial charge is 0.481 e. The van der Waals surface area contributed by atoms with Gasteiger partial charge >= 0.3 is 17.9 Å². The van der Waals surface area contributed by atoms with Crippen LogP contribution in [0, 0.1) is 5.92 Å². The van der Waals surface area contributed by atoms with Crippen molar-refractivity contribution in [2.24, 2.45) is 5.92 Å². The highest BCUT2D eigenvalue weighted by atomic mass is 16.5. The number of carbonyl (C=O) groups is 3. The summed E-state index contributed by atoms with van der Waals surface area (Å²) in [5.74, 6) is -5.71. The van der Waals surface area contributed by atoms with Crippen molar-refractivity contribution in [3.8, 4) is 0 Å². The average Bonchev–Trinajstić information content (AvgIpc) is 2.49. The van der Waals surface area contributed by atoms with Gasteiger partial charge in [0.05, 0.1) is 13.0 Å². The zero-order chi connectivity index (χ0) is 17.7. The molecule has 0 aromatic heterocycles. The number of carboxylic acids is 2. The second kappa shape index (κ2) is 12.9. The van der Waals surface area contributed by atoms with Crippen molar-refractivity contribution < 1.29 is 34.4 Å². The zero-order valence-electron chi connectivity index (χ0n) is 13.7. The molecular formula is C16H28O7. The fourth-order valence-corrected chi connectivity index (χ4v) is 2.18. The second-order valence-electron chi connectivity index (χ2n) is 5.63. The van der Waals surface area contributed by atoms with Crippen LogP contribution in [0.3, 0.4) is 0 Å². The van der Waals surface area contributed by atoms with E-state index in [0.29, 0.717) is 6.42 Å². The van der Waals surface area contributed by atoms with Crippen molar-refractivity contribution in [3.63, 3.8) is 0 Å². The van der Waals surface area contributed by atoms with Crippen molar-refractivity contribution in [2.75, 3.05) is 6.61 Å². The number of aliphatic carboxylic acids is 2. The van der Waals surface area contributed by atoms with Crippen LogP contribution in [0.25, 0.3) is 0 Å². The maximum atomic E-state index is 11.5. The second-order valence-corrected chi connectivity index (χ2v) is 5.63. The van der Waals surface area contributed by atoms with Gasteiger partial charge in [-0.15, -0.1) is 0 Å². The number of esters is 1. The van der Waals surface area contributed by atoms with Crippen LogP contribution in [-0.2, 0) is 19.1 Å². The molecule has 0 aliphatic rings. The van der Waals surface area contributed by atoms with Crippen molar-refractivity contribution >= 4 is 17.9 Å². The highest BCUT2D eigenvalue weighted by molar-refractivity contribution is 5.85. The summed E-state index contributed by atoms with van der Waals surface area (Å²) in [6, 6.07) is 0. The van der Waals surface area contributed by atoms with E-state index in [1.807, 2.05) is 0 Å². The molecule has 0 saturated carbocycles. The van der Waals surface area contributed by atoms with E-state index in [-0.39, 0.29) is 6.61 Å². The monoisotopic (exact) mass is 332 g/mol. The summed E-state index contributed by atoms with van der Waals surface area (Å²) in [6.07, 6.45) is 5.81. The molecule has 23 heavy (non-hydrogen) atoms. The topological polar surface area (TPSA) is 121 Å². The van der Waals surface area contributed by atoms with Crippen molar-refractivity contribution in [2.45, 2.75) is 70.8 Å². The maximum absolute atomic E-state index is 11.5. The van der Waals surface area contributed by atoms with Crippen LogP contribution in [0.15, 0.2) is 0 Å². The Morgan fingerprint density at radius 1 is 0.913 bits per heavy atom.